The summed E-state index contributed by atoms with van der Waals surface area (Å²) < 4.78 is 4.94. The van der Waals surface area contributed by atoms with E-state index in [2.05, 4.69) is 36.8 Å². The van der Waals surface area contributed by atoms with Crippen molar-refractivity contribution in [3.05, 3.63) is 47.1 Å². The Morgan fingerprint density at radius 3 is 2.08 bits per heavy atom. The number of hydrogen-bond acceptors (Lipinski definition) is 5. The Kier molecular flexibility index (Phi) is 19.8. The Bertz CT molecular complexity index is 922. The summed E-state index contributed by atoms with van der Waals surface area (Å²) in [6, 6.07) is 3.88. The van der Waals surface area contributed by atoms with Gasteiger partial charge in [0.1, 0.15) is 5.75 Å². The first-order valence-electron chi connectivity index (χ1n) is 13.9. The van der Waals surface area contributed by atoms with E-state index in [4.69, 9.17) is 4.74 Å². The highest BCUT2D eigenvalue weighted by Crippen LogP contribution is 2.35. The number of amides is 1. The third-order valence-electron chi connectivity index (χ3n) is 4.93. The second-order valence-electron chi connectivity index (χ2n) is 11.0. The summed E-state index contributed by atoms with van der Waals surface area (Å²) >= 11 is 1.77. The normalized spacial score (nSPS) is 10.6. The minimum absolute atomic E-state index is 0.0211. The van der Waals surface area contributed by atoms with Crippen LogP contribution in [-0.2, 0) is 17.6 Å². The second kappa shape index (κ2) is 19.8. The number of ether oxygens (including phenoxy) is 1. The van der Waals surface area contributed by atoms with Crippen molar-refractivity contribution in [2.24, 2.45) is 5.41 Å². The van der Waals surface area contributed by atoms with Gasteiger partial charge in [-0.3, -0.25) is 4.79 Å². The van der Waals surface area contributed by atoms with E-state index in [1.165, 1.54) is 23.3 Å². The monoisotopic (exact) mass is 548 g/mol. The first-order chi connectivity index (χ1) is 17.7. The fourth-order valence-corrected chi connectivity index (χ4v) is 4.11. The van der Waals surface area contributed by atoms with Crippen LogP contribution in [0.1, 0.15) is 116 Å². The van der Waals surface area contributed by atoms with E-state index in [1.807, 2.05) is 62.3 Å². The lowest BCUT2D eigenvalue weighted by molar-refractivity contribution is 0.0397. The van der Waals surface area contributed by atoms with Crippen molar-refractivity contribution in [2.45, 2.75) is 114 Å². The smallest absolute Gasteiger partial charge is 0.273 e. The van der Waals surface area contributed by atoms with E-state index in [-0.39, 0.29) is 28.4 Å². The van der Waals surface area contributed by atoms with Gasteiger partial charge in [0.25, 0.3) is 5.91 Å². The number of hydrogen-bond donors (Lipinski definition) is 2. The summed E-state index contributed by atoms with van der Waals surface area (Å²) in [5.41, 5.74) is 2.38. The number of unbranched alkanes of at least 4 members (excludes halogenated alkanes) is 1. The number of thiophene rings is 1. The lowest BCUT2D eigenvalue weighted by atomic mass is 9.97. The molecule has 1 amide bonds. The standard InChI is InChI=1S/C22H32N2O2S.C5H12O.C3H6.C2H6/c1-6-8-10-15-12-19(27-18(15)9-7-2)16-11-17(25)20(23-13-16)21(26)24-14-22(3,4)5;1-5(2,3)6-4;1-3-2;1-2/h11-13,25H,6-10,14H2,1-5H3,(H,24,26);1-4H3;3H,1H2,2H3;1-2H3. The van der Waals surface area contributed by atoms with Crippen molar-refractivity contribution in [3.8, 4) is 16.2 Å². The minimum atomic E-state index is -0.338. The summed E-state index contributed by atoms with van der Waals surface area (Å²) in [6.07, 6.45) is 9.10. The molecular formula is C32H56N2O3S. The van der Waals surface area contributed by atoms with Gasteiger partial charge in [-0.15, -0.1) is 17.9 Å². The average molecular weight is 549 g/mol. The molecule has 0 saturated carbocycles. The molecule has 2 aromatic rings. The number of methoxy groups -OCH3 is 1. The van der Waals surface area contributed by atoms with E-state index in [0.717, 1.165) is 29.7 Å². The number of aromatic hydroxyl groups is 1. The summed E-state index contributed by atoms with van der Waals surface area (Å²) in [6.45, 7) is 26.4. The fourth-order valence-electron chi connectivity index (χ4n) is 2.82. The Hall–Kier alpha value is -2.18. The maximum atomic E-state index is 12.3. The molecule has 0 spiro atoms. The zero-order valence-electron chi connectivity index (χ0n) is 26.4. The summed E-state index contributed by atoms with van der Waals surface area (Å²) in [5, 5.41) is 13.2. The van der Waals surface area contributed by atoms with E-state index in [0.29, 0.717) is 6.54 Å². The highest BCUT2D eigenvalue weighted by molar-refractivity contribution is 7.15. The van der Waals surface area contributed by atoms with E-state index in [1.54, 1.807) is 36.8 Å². The Morgan fingerprint density at radius 1 is 1.11 bits per heavy atom. The highest BCUT2D eigenvalue weighted by Gasteiger charge is 2.18. The quantitative estimate of drug-likeness (QED) is 0.322. The molecule has 0 fully saturated rings. The molecule has 0 aliphatic carbocycles. The molecule has 6 heteroatoms. The molecule has 2 aromatic heterocycles. The number of nitrogens with one attached hydrogen (secondary N) is 1. The van der Waals surface area contributed by atoms with Crippen LogP contribution in [-0.4, -0.2) is 35.3 Å². The number of pyridine rings is 1. The first kappa shape index (κ1) is 38.0. The predicted molar refractivity (Wildman–Crippen MR) is 168 cm³/mol. The lowest BCUT2D eigenvalue weighted by Gasteiger charge is -2.18. The lowest BCUT2D eigenvalue weighted by Crippen LogP contribution is -2.32. The van der Waals surface area contributed by atoms with Crippen molar-refractivity contribution in [3.63, 3.8) is 0 Å². The van der Waals surface area contributed by atoms with Crippen molar-refractivity contribution in [2.75, 3.05) is 13.7 Å². The molecule has 218 valence electrons. The molecule has 38 heavy (non-hydrogen) atoms. The highest BCUT2D eigenvalue weighted by atomic mass is 32.1. The molecule has 0 bridgehead atoms. The second-order valence-corrected chi connectivity index (χ2v) is 12.1. The van der Waals surface area contributed by atoms with E-state index in [9.17, 15) is 9.90 Å². The maximum absolute atomic E-state index is 12.3. The Morgan fingerprint density at radius 2 is 1.66 bits per heavy atom. The molecule has 5 nitrogen and oxygen atoms in total. The van der Waals surface area contributed by atoms with Crippen LogP contribution in [0.25, 0.3) is 10.4 Å². The number of rotatable bonds is 8. The molecule has 0 aliphatic rings. The van der Waals surface area contributed by atoms with Gasteiger partial charge < -0.3 is 15.2 Å². The van der Waals surface area contributed by atoms with Crippen LogP contribution in [0.3, 0.4) is 0 Å². The SMILES string of the molecule is C=CC.CC.CCCCc1cc(-c2cnc(C(=O)NCC(C)(C)C)c(O)c2)sc1CCC.COC(C)(C)C. The van der Waals surface area contributed by atoms with Crippen LogP contribution in [0.2, 0.25) is 0 Å². The van der Waals surface area contributed by atoms with Gasteiger partial charge in [0, 0.05) is 35.2 Å². The molecule has 0 aromatic carbocycles. The molecule has 2 N–H and O–H groups in total. The molecule has 0 saturated heterocycles. The van der Waals surface area contributed by atoms with Crippen molar-refractivity contribution < 1.29 is 14.6 Å². The number of nitrogens with zero attached hydrogens (tertiary/aromatic N) is 1. The Labute approximate surface area is 238 Å². The number of carbonyl (C=O) groups is 1. The van der Waals surface area contributed by atoms with Crippen molar-refractivity contribution in [1.29, 1.82) is 0 Å². The van der Waals surface area contributed by atoms with Crippen molar-refractivity contribution >= 4 is 17.2 Å². The third kappa shape index (κ3) is 16.6. The van der Waals surface area contributed by atoms with Crippen LogP contribution in [0.5, 0.6) is 5.75 Å². The largest absolute Gasteiger partial charge is 0.505 e. The number of aryl methyl sites for hydroxylation is 2. The molecule has 2 rings (SSSR count). The summed E-state index contributed by atoms with van der Waals surface area (Å²) in [4.78, 5) is 19.1. The Balaban J connectivity index is 0. The maximum Gasteiger partial charge on any atom is 0.273 e. The first-order valence-corrected chi connectivity index (χ1v) is 14.8. The van der Waals surface area contributed by atoms with Gasteiger partial charge in [-0.1, -0.05) is 67.4 Å². The van der Waals surface area contributed by atoms with Gasteiger partial charge in [0.15, 0.2) is 5.69 Å². The molecule has 0 aliphatic heterocycles. The fraction of sp³-hybridized carbons (Fsp3) is 0.625. The zero-order chi connectivity index (χ0) is 29.9. The summed E-state index contributed by atoms with van der Waals surface area (Å²) in [7, 11) is 1.71. The van der Waals surface area contributed by atoms with E-state index >= 15 is 0 Å². The number of carbonyl (C=O) groups excluding carboxylic acids is 1. The van der Waals surface area contributed by atoms with E-state index < -0.39 is 0 Å². The van der Waals surface area contributed by atoms with Crippen LogP contribution in [0.4, 0.5) is 0 Å². The topological polar surface area (TPSA) is 71.5 Å². The molecule has 0 radical (unpaired) electrons. The molecule has 0 atom stereocenters. The summed E-state index contributed by atoms with van der Waals surface area (Å²) in [5.74, 6) is -0.407. The number of aromatic nitrogens is 1. The predicted octanol–water partition coefficient (Wildman–Crippen LogP) is 9.24. The van der Waals surface area contributed by atoms with Gasteiger partial charge in [0.05, 0.1) is 5.60 Å². The average Bonchev–Trinajstić information content (AvgIpc) is 3.25. The molecular weight excluding hydrogens is 492 g/mol. The van der Waals surface area contributed by atoms with Crippen LogP contribution < -0.4 is 5.32 Å². The van der Waals surface area contributed by atoms with Crippen molar-refractivity contribution in [1.82, 2.24) is 10.3 Å². The van der Waals surface area contributed by atoms with Crippen LogP contribution in [0.15, 0.2) is 31.0 Å². The minimum Gasteiger partial charge on any atom is -0.505 e. The van der Waals surface area contributed by atoms with Gasteiger partial charge >= 0.3 is 0 Å². The molecule has 0 unspecified atom stereocenters. The molecule has 2 heterocycles. The number of allylic oxidation sites excluding steroid dienone is 1. The third-order valence-corrected chi connectivity index (χ3v) is 6.22. The van der Waals surface area contributed by atoms with Crippen LogP contribution in [0, 0.1) is 5.41 Å². The van der Waals surface area contributed by atoms with Gasteiger partial charge in [-0.05, 0) is 70.1 Å². The van der Waals surface area contributed by atoms with Gasteiger partial charge in [-0.25, -0.2) is 4.98 Å². The zero-order valence-corrected chi connectivity index (χ0v) is 27.2. The van der Waals surface area contributed by atoms with Crippen LogP contribution >= 0.6 is 11.3 Å². The van der Waals surface area contributed by atoms with Gasteiger partial charge in [-0.2, -0.15) is 0 Å². The van der Waals surface area contributed by atoms with Gasteiger partial charge in [0.2, 0.25) is 0 Å².